The van der Waals surface area contributed by atoms with Crippen molar-refractivity contribution in [1.82, 2.24) is 4.98 Å². The predicted octanol–water partition coefficient (Wildman–Crippen LogP) is 3.17. The number of carbonyl (C=O) groups is 1. The summed E-state index contributed by atoms with van der Waals surface area (Å²) in [4.78, 5) is 25.4. The van der Waals surface area contributed by atoms with Crippen LogP contribution in [0.15, 0.2) is 30.5 Å². The van der Waals surface area contributed by atoms with Crippen LogP contribution in [0.2, 0.25) is 5.15 Å². The molecular formula is C12H6ClF2N3O3. The fourth-order valence-electron chi connectivity index (χ4n) is 1.51. The van der Waals surface area contributed by atoms with Crippen LogP contribution in [0.3, 0.4) is 0 Å². The van der Waals surface area contributed by atoms with Crippen molar-refractivity contribution < 1.29 is 18.5 Å². The highest BCUT2D eigenvalue weighted by atomic mass is 35.5. The van der Waals surface area contributed by atoms with Gasteiger partial charge in [0.15, 0.2) is 17.3 Å². The van der Waals surface area contributed by atoms with Crippen LogP contribution in [-0.4, -0.2) is 15.8 Å². The molecule has 1 aromatic heterocycles. The largest absolute Gasteiger partial charge is 0.314 e. The van der Waals surface area contributed by atoms with Crippen LogP contribution in [0.1, 0.15) is 10.4 Å². The quantitative estimate of drug-likeness (QED) is 0.536. The van der Waals surface area contributed by atoms with Crippen LogP contribution in [0.4, 0.5) is 20.2 Å². The Morgan fingerprint density at radius 2 is 2.00 bits per heavy atom. The molecule has 0 fully saturated rings. The molecule has 108 valence electrons. The Hall–Kier alpha value is -2.61. The highest BCUT2D eigenvalue weighted by Gasteiger charge is 2.23. The molecule has 1 aromatic carbocycles. The molecule has 0 spiro atoms. The molecule has 1 heterocycles. The fraction of sp³-hybridized carbons (Fsp3) is 0. The number of hydrogen-bond acceptors (Lipinski definition) is 4. The van der Waals surface area contributed by atoms with Crippen molar-refractivity contribution in [1.29, 1.82) is 0 Å². The Morgan fingerprint density at radius 1 is 1.29 bits per heavy atom. The van der Waals surface area contributed by atoms with Gasteiger partial charge in [-0.2, -0.15) is 0 Å². The summed E-state index contributed by atoms with van der Waals surface area (Å²) in [7, 11) is 0. The van der Waals surface area contributed by atoms with E-state index < -0.39 is 33.8 Å². The first kappa shape index (κ1) is 14.8. The van der Waals surface area contributed by atoms with Gasteiger partial charge < -0.3 is 5.32 Å². The summed E-state index contributed by atoms with van der Waals surface area (Å²) in [5.41, 5.74) is -1.62. The van der Waals surface area contributed by atoms with Crippen molar-refractivity contribution in [3.63, 3.8) is 0 Å². The third-order valence-electron chi connectivity index (χ3n) is 2.50. The number of nitro benzene ring substituents is 1. The number of rotatable bonds is 3. The Bertz CT molecular complexity index is 722. The van der Waals surface area contributed by atoms with E-state index in [0.29, 0.717) is 6.07 Å². The standard InChI is InChI=1S/C12H6ClF2N3O3/c13-9-4-1-6(5-16-9)12(19)17-11-8(18(20)21)3-2-7(14)10(11)15/h1-5H,(H,17,19). The molecule has 0 aliphatic carbocycles. The van der Waals surface area contributed by atoms with E-state index in [1.54, 1.807) is 0 Å². The van der Waals surface area contributed by atoms with Crippen molar-refractivity contribution in [2.24, 2.45) is 0 Å². The third kappa shape index (κ3) is 3.11. The third-order valence-corrected chi connectivity index (χ3v) is 2.72. The Morgan fingerprint density at radius 3 is 2.57 bits per heavy atom. The van der Waals surface area contributed by atoms with Gasteiger partial charge in [0, 0.05) is 12.3 Å². The first-order valence-electron chi connectivity index (χ1n) is 5.45. The summed E-state index contributed by atoms with van der Waals surface area (Å²) in [6, 6.07) is 3.96. The van der Waals surface area contributed by atoms with Gasteiger partial charge in [-0.25, -0.2) is 13.8 Å². The molecule has 6 nitrogen and oxygen atoms in total. The van der Waals surface area contributed by atoms with Crippen molar-refractivity contribution in [3.8, 4) is 0 Å². The number of nitrogens with one attached hydrogen (secondary N) is 1. The molecular weight excluding hydrogens is 308 g/mol. The molecule has 0 radical (unpaired) electrons. The molecule has 0 aliphatic heterocycles. The van der Waals surface area contributed by atoms with Crippen LogP contribution in [-0.2, 0) is 0 Å². The first-order chi connectivity index (χ1) is 9.90. The van der Waals surface area contributed by atoms with Gasteiger partial charge in [-0.15, -0.1) is 0 Å². The molecule has 2 rings (SSSR count). The molecule has 1 N–H and O–H groups in total. The van der Waals surface area contributed by atoms with Crippen LogP contribution in [0.25, 0.3) is 0 Å². The van der Waals surface area contributed by atoms with Gasteiger partial charge in [0.25, 0.3) is 11.6 Å². The lowest BCUT2D eigenvalue weighted by molar-refractivity contribution is -0.384. The lowest BCUT2D eigenvalue weighted by atomic mass is 10.2. The van der Waals surface area contributed by atoms with E-state index >= 15 is 0 Å². The minimum absolute atomic E-state index is 0.0163. The molecule has 2 aromatic rings. The molecule has 0 saturated heterocycles. The highest BCUT2D eigenvalue weighted by molar-refractivity contribution is 6.29. The van der Waals surface area contributed by atoms with Gasteiger partial charge in [0.05, 0.1) is 10.5 Å². The second-order valence-corrected chi connectivity index (χ2v) is 4.22. The van der Waals surface area contributed by atoms with Crippen LogP contribution >= 0.6 is 11.6 Å². The van der Waals surface area contributed by atoms with E-state index in [-0.39, 0.29) is 10.7 Å². The summed E-state index contributed by atoms with van der Waals surface area (Å²) in [6.45, 7) is 0. The summed E-state index contributed by atoms with van der Waals surface area (Å²) >= 11 is 5.55. The predicted molar refractivity (Wildman–Crippen MR) is 70.2 cm³/mol. The number of amides is 1. The first-order valence-corrected chi connectivity index (χ1v) is 5.83. The van der Waals surface area contributed by atoms with Gasteiger partial charge in [-0.3, -0.25) is 14.9 Å². The maximum Gasteiger partial charge on any atom is 0.296 e. The van der Waals surface area contributed by atoms with Crippen molar-refractivity contribution in [3.05, 3.63) is 62.9 Å². The molecule has 0 bridgehead atoms. The average Bonchev–Trinajstić information content (AvgIpc) is 2.44. The van der Waals surface area contributed by atoms with Gasteiger partial charge in [-0.05, 0) is 18.2 Å². The molecule has 21 heavy (non-hydrogen) atoms. The smallest absolute Gasteiger partial charge is 0.296 e. The van der Waals surface area contributed by atoms with Crippen LogP contribution < -0.4 is 5.32 Å². The van der Waals surface area contributed by atoms with Gasteiger partial charge >= 0.3 is 0 Å². The van der Waals surface area contributed by atoms with Gasteiger partial charge in [0.1, 0.15) is 5.15 Å². The van der Waals surface area contributed by atoms with Crippen molar-refractivity contribution in [2.75, 3.05) is 5.32 Å². The van der Waals surface area contributed by atoms with Crippen molar-refractivity contribution >= 4 is 28.9 Å². The van der Waals surface area contributed by atoms with Crippen LogP contribution in [0, 0.1) is 21.7 Å². The summed E-state index contributed by atoms with van der Waals surface area (Å²) < 4.78 is 26.8. The Kier molecular flexibility index (Phi) is 4.08. The van der Waals surface area contributed by atoms with E-state index in [0.717, 1.165) is 12.3 Å². The second-order valence-electron chi connectivity index (χ2n) is 3.84. The molecule has 1 amide bonds. The van der Waals surface area contributed by atoms with E-state index in [4.69, 9.17) is 11.6 Å². The minimum atomic E-state index is -1.51. The molecule has 0 atom stereocenters. The van der Waals surface area contributed by atoms with Gasteiger partial charge in [0.2, 0.25) is 0 Å². The second kappa shape index (κ2) is 5.80. The normalized spacial score (nSPS) is 10.2. The average molecular weight is 314 g/mol. The van der Waals surface area contributed by atoms with E-state index in [2.05, 4.69) is 4.98 Å². The Labute approximate surface area is 121 Å². The zero-order valence-electron chi connectivity index (χ0n) is 10.1. The zero-order valence-corrected chi connectivity index (χ0v) is 10.9. The number of aromatic nitrogens is 1. The lowest BCUT2D eigenvalue weighted by Gasteiger charge is -2.07. The SMILES string of the molecule is O=C(Nc1c([N+](=O)[O-])ccc(F)c1F)c1ccc(Cl)nc1. The highest BCUT2D eigenvalue weighted by Crippen LogP contribution is 2.29. The number of hydrogen-bond donors (Lipinski definition) is 1. The van der Waals surface area contributed by atoms with E-state index in [1.807, 2.05) is 5.32 Å². The Balaban J connectivity index is 2.38. The van der Waals surface area contributed by atoms with E-state index in [9.17, 15) is 23.7 Å². The summed E-state index contributed by atoms with van der Waals surface area (Å²) in [5, 5.41) is 12.9. The number of carbonyl (C=O) groups excluding carboxylic acids is 1. The number of halogens is 3. The number of benzene rings is 1. The maximum absolute atomic E-state index is 13.6. The molecule has 0 unspecified atom stereocenters. The van der Waals surface area contributed by atoms with E-state index in [1.165, 1.54) is 12.1 Å². The maximum atomic E-state index is 13.6. The monoisotopic (exact) mass is 313 g/mol. The number of anilines is 1. The summed E-state index contributed by atoms with van der Waals surface area (Å²) in [6.07, 6.45) is 1.10. The zero-order chi connectivity index (χ0) is 15.6. The van der Waals surface area contributed by atoms with Gasteiger partial charge in [-0.1, -0.05) is 11.6 Å². The lowest BCUT2D eigenvalue weighted by Crippen LogP contribution is -2.15. The number of pyridine rings is 1. The number of nitrogens with zero attached hydrogens (tertiary/aromatic N) is 2. The topological polar surface area (TPSA) is 85.1 Å². The number of nitro groups is 1. The van der Waals surface area contributed by atoms with Crippen LogP contribution in [0.5, 0.6) is 0 Å². The fourth-order valence-corrected chi connectivity index (χ4v) is 1.62. The minimum Gasteiger partial charge on any atom is -0.314 e. The molecule has 9 heteroatoms. The molecule has 0 saturated carbocycles. The van der Waals surface area contributed by atoms with Crippen molar-refractivity contribution in [2.45, 2.75) is 0 Å². The summed E-state index contributed by atoms with van der Waals surface area (Å²) in [5.74, 6) is -3.71. The molecule has 0 aliphatic rings.